The third kappa shape index (κ3) is 3.09. The highest BCUT2D eigenvalue weighted by molar-refractivity contribution is 5.92. The maximum atomic E-state index is 5.88. The molecule has 0 atom stereocenters. The Bertz CT molecular complexity index is 1030. The number of methoxy groups -OCH3 is 1. The van der Waals surface area contributed by atoms with Crippen LogP contribution in [0.3, 0.4) is 0 Å². The quantitative estimate of drug-likeness (QED) is 0.500. The van der Waals surface area contributed by atoms with E-state index >= 15 is 0 Å². The number of rotatable bonds is 5. The molecule has 0 fully saturated rings. The predicted molar refractivity (Wildman–Crippen MR) is 97.4 cm³/mol. The van der Waals surface area contributed by atoms with Crippen LogP contribution < -0.4 is 15.8 Å². The van der Waals surface area contributed by atoms with Crippen molar-refractivity contribution in [3.05, 3.63) is 48.4 Å². The minimum atomic E-state index is 0.202. The van der Waals surface area contributed by atoms with Gasteiger partial charge in [0.25, 0.3) is 0 Å². The first kappa shape index (κ1) is 15.8. The number of nitrogens with two attached hydrogens (primary N) is 1. The molecular formula is C17H16N8O. The third-order valence-electron chi connectivity index (χ3n) is 3.85. The zero-order valence-corrected chi connectivity index (χ0v) is 14.0. The molecule has 130 valence electrons. The average Bonchev–Trinajstić information content (AvgIpc) is 3.20. The standard InChI is InChI=1S/C17H16N8O/c1-26-17-20-8-10(9-21-17)7-19-15-12-3-2-11(13-4-5-22-25-13)6-14(12)23-16(18)24-15/h2-6,8-9H,7H2,1H3,(H,22,25)(H3,18,19,23,24). The smallest absolute Gasteiger partial charge is 0.316 e. The second kappa shape index (κ2) is 6.63. The average molecular weight is 348 g/mol. The van der Waals surface area contributed by atoms with E-state index in [0.717, 1.165) is 27.7 Å². The number of nitrogen functional groups attached to an aromatic ring is 1. The van der Waals surface area contributed by atoms with E-state index in [1.165, 1.54) is 7.11 Å². The Hall–Kier alpha value is -3.75. The number of anilines is 2. The van der Waals surface area contributed by atoms with Crippen molar-refractivity contribution in [3.8, 4) is 17.3 Å². The lowest BCUT2D eigenvalue weighted by molar-refractivity contribution is 0.379. The molecule has 4 rings (SSSR count). The SMILES string of the molecule is COc1ncc(CNc2nc(N)nc3cc(-c4ccn[nH]4)ccc23)cn1. The molecule has 3 heterocycles. The fourth-order valence-corrected chi connectivity index (χ4v) is 2.59. The van der Waals surface area contributed by atoms with Crippen LogP contribution in [0.25, 0.3) is 22.2 Å². The van der Waals surface area contributed by atoms with Gasteiger partial charge in [0.05, 0.1) is 18.3 Å². The van der Waals surface area contributed by atoms with Gasteiger partial charge in [0.1, 0.15) is 5.82 Å². The summed E-state index contributed by atoms with van der Waals surface area (Å²) in [6, 6.07) is 8.11. The summed E-state index contributed by atoms with van der Waals surface area (Å²) in [5, 5.41) is 11.0. The first-order valence-corrected chi connectivity index (χ1v) is 7.89. The van der Waals surface area contributed by atoms with Gasteiger partial charge in [-0.05, 0) is 18.2 Å². The molecule has 0 aliphatic heterocycles. The van der Waals surface area contributed by atoms with Crippen molar-refractivity contribution in [2.75, 3.05) is 18.2 Å². The molecule has 0 bridgehead atoms. The highest BCUT2D eigenvalue weighted by Gasteiger charge is 2.09. The predicted octanol–water partition coefficient (Wildman–Crippen LogP) is 2.01. The lowest BCUT2D eigenvalue weighted by Crippen LogP contribution is -2.06. The number of fused-ring (bicyclic) bond motifs is 1. The van der Waals surface area contributed by atoms with Crippen LogP contribution in [0.15, 0.2) is 42.9 Å². The summed E-state index contributed by atoms with van der Waals surface area (Å²) in [6.07, 6.45) is 5.10. The molecule has 1 aromatic carbocycles. The van der Waals surface area contributed by atoms with E-state index in [-0.39, 0.29) is 5.95 Å². The number of nitrogens with zero attached hydrogens (tertiary/aromatic N) is 5. The number of H-pyrrole nitrogens is 1. The zero-order chi connectivity index (χ0) is 17.9. The highest BCUT2D eigenvalue weighted by atomic mass is 16.5. The van der Waals surface area contributed by atoms with Gasteiger partial charge in [-0.25, -0.2) is 15.0 Å². The molecule has 9 nitrogen and oxygen atoms in total. The van der Waals surface area contributed by atoms with Gasteiger partial charge in [-0.15, -0.1) is 0 Å². The van der Waals surface area contributed by atoms with E-state index in [1.54, 1.807) is 18.6 Å². The summed E-state index contributed by atoms with van der Waals surface area (Å²) in [7, 11) is 1.53. The molecule has 0 unspecified atom stereocenters. The molecule has 9 heteroatoms. The van der Waals surface area contributed by atoms with Gasteiger partial charge in [0.15, 0.2) is 0 Å². The van der Waals surface area contributed by atoms with Gasteiger partial charge >= 0.3 is 6.01 Å². The first-order chi connectivity index (χ1) is 12.7. The lowest BCUT2D eigenvalue weighted by Gasteiger charge is -2.10. The van der Waals surface area contributed by atoms with Crippen molar-refractivity contribution >= 4 is 22.7 Å². The Kier molecular flexibility index (Phi) is 4.02. The van der Waals surface area contributed by atoms with Gasteiger partial charge in [-0.1, -0.05) is 6.07 Å². The van der Waals surface area contributed by atoms with E-state index in [4.69, 9.17) is 10.5 Å². The van der Waals surface area contributed by atoms with Crippen molar-refractivity contribution in [1.29, 1.82) is 0 Å². The molecule has 4 N–H and O–H groups in total. The van der Waals surface area contributed by atoms with Crippen LogP contribution in [0.1, 0.15) is 5.56 Å². The first-order valence-electron chi connectivity index (χ1n) is 7.89. The summed E-state index contributed by atoms with van der Waals surface area (Å²) in [4.78, 5) is 16.8. The highest BCUT2D eigenvalue weighted by Crippen LogP contribution is 2.26. The summed E-state index contributed by atoms with van der Waals surface area (Å²) >= 11 is 0. The molecule has 0 spiro atoms. The maximum absolute atomic E-state index is 5.88. The molecular weight excluding hydrogens is 332 g/mol. The summed E-state index contributed by atoms with van der Waals surface area (Å²) in [5.74, 6) is 0.854. The molecule has 3 aromatic heterocycles. The van der Waals surface area contributed by atoms with Crippen LogP contribution >= 0.6 is 0 Å². The Labute approximate surface area is 148 Å². The van der Waals surface area contributed by atoms with Gasteiger partial charge in [0.2, 0.25) is 5.95 Å². The van der Waals surface area contributed by atoms with Crippen LogP contribution in [0.4, 0.5) is 11.8 Å². The third-order valence-corrected chi connectivity index (χ3v) is 3.85. The Morgan fingerprint density at radius 1 is 1.15 bits per heavy atom. The molecule has 0 saturated carbocycles. The number of ether oxygens (including phenoxy) is 1. The van der Waals surface area contributed by atoms with Crippen LogP contribution in [0, 0.1) is 0 Å². The normalized spacial score (nSPS) is 10.8. The van der Waals surface area contributed by atoms with E-state index < -0.39 is 0 Å². The number of hydrogen-bond acceptors (Lipinski definition) is 8. The largest absolute Gasteiger partial charge is 0.467 e. The van der Waals surface area contributed by atoms with Crippen molar-refractivity contribution in [3.63, 3.8) is 0 Å². The molecule has 0 saturated heterocycles. The van der Waals surface area contributed by atoms with Crippen molar-refractivity contribution in [2.45, 2.75) is 6.54 Å². The Morgan fingerprint density at radius 2 is 2.00 bits per heavy atom. The molecule has 4 aromatic rings. The zero-order valence-electron chi connectivity index (χ0n) is 14.0. The van der Waals surface area contributed by atoms with E-state index in [0.29, 0.717) is 18.4 Å². The number of nitrogens with one attached hydrogen (secondary N) is 2. The maximum Gasteiger partial charge on any atom is 0.316 e. The summed E-state index contributed by atoms with van der Waals surface area (Å²) in [5.41, 5.74) is 9.40. The number of benzene rings is 1. The Balaban J connectivity index is 1.63. The van der Waals surface area contributed by atoms with Crippen LogP contribution in [-0.4, -0.2) is 37.2 Å². The summed E-state index contributed by atoms with van der Waals surface area (Å²) in [6.45, 7) is 0.498. The van der Waals surface area contributed by atoms with Crippen LogP contribution in [0.5, 0.6) is 6.01 Å². The van der Waals surface area contributed by atoms with E-state index in [2.05, 4.69) is 35.5 Å². The van der Waals surface area contributed by atoms with Crippen LogP contribution in [0.2, 0.25) is 0 Å². The molecule has 0 aliphatic carbocycles. The van der Waals surface area contributed by atoms with Gasteiger partial charge < -0.3 is 15.8 Å². The second-order valence-corrected chi connectivity index (χ2v) is 5.56. The minimum Gasteiger partial charge on any atom is -0.467 e. The number of hydrogen-bond donors (Lipinski definition) is 3. The molecule has 0 radical (unpaired) electrons. The van der Waals surface area contributed by atoms with Gasteiger partial charge in [-0.3, -0.25) is 5.10 Å². The van der Waals surface area contributed by atoms with Gasteiger partial charge in [-0.2, -0.15) is 10.1 Å². The lowest BCUT2D eigenvalue weighted by atomic mass is 10.1. The number of aromatic amines is 1. The minimum absolute atomic E-state index is 0.202. The molecule has 0 amide bonds. The van der Waals surface area contributed by atoms with Crippen molar-refractivity contribution < 1.29 is 4.74 Å². The topological polar surface area (TPSA) is 128 Å². The molecule has 26 heavy (non-hydrogen) atoms. The van der Waals surface area contributed by atoms with Crippen molar-refractivity contribution in [2.24, 2.45) is 0 Å². The van der Waals surface area contributed by atoms with Crippen LogP contribution in [-0.2, 0) is 6.54 Å². The van der Waals surface area contributed by atoms with E-state index in [1.807, 2.05) is 24.3 Å². The van der Waals surface area contributed by atoms with E-state index in [9.17, 15) is 0 Å². The fraction of sp³-hybridized carbons (Fsp3) is 0.118. The molecule has 0 aliphatic rings. The Morgan fingerprint density at radius 3 is 2.73 bits per heavy atom. The monoisotopic (exact) mass is 348 g/mol. The number of aromatic nitrogens is 6. The second-order valence-electron chi connectivity index (χ2n) is 5.56. The summed E-state index contributed by atoms with van der Waals surface area (Å²) < 4.78 is 4.96. The van der Waals surface area contributed by atoms with Crippen molar-refractivity contribution in [1.82, 2.24) is 30.1 Å². The fourth-order valence-electron chi connectivity index (χ4n) is 2.59. The van der Waals surface area contributed by atoms with Gasteiger partial charge in [0, 0.05) is 41.6 Å².